The summed E-state index contributed by atoms with van der Waals surface area (Å²) in [4.78, 5) is 70.0. The highest BCUT2D eigenvalue weighted by Crippen LogP contribution is 2.38. The van der Waals surface area contributed by atoms with Crippen LogP contribution >= 0.6 is 23.2 Å². The summed E-state index contributed by atoms with van der Waals surface area (Å²) in [5.41, 5.74) is 5.34. The number of nitrogens with zero attached hydrogens (tertiary/aromatic N) is 9. The molecule has 1 unspecified atom stereocenters. The summed E-state index contributed by atoms with van der Waals surface area (Å²) in [5.74, 6) is 0.147. The third kappa shape index (κ3) is 8.06. The quantitative estimate of drug-likeness (QED) is 0.109. The van der Waals surface area contributed by atoms with E-state index in [2.05, 4.69) is 57.0 Å². The summed E-state index contributed by atoms with van der Waals surface area (Å²) in [6, 6.07) is 6.40. The number of piperazine rings is 1. The van der Waals surface area contributed by atoms with Gasteiger partial charge in [-0.25, -0.2) is 19.3 Å². The van der Waals surface area contributed by atoms with Gasteiger partial charge in [0.25, 0.3) is 5.91 Å². The van der Waals surface area contributed by atoms with Crippen molar-refractivity contribution in [3.05, 3.63) is 75.6 Å². The van der Waals surface area contributed by atoms with Gasteiger partial charge in [-0.1, -0.05) is 41.2 Å². The second-order valence-electron chi connectivity index (χ2n) is 15.4. The normalized spacial score (nSPS) is 18.8. The average molecular weight is 842 g/mol. The van der Waals surface area contributed by atoms with E-state index in [0.717, 1.165) is 88.2 Å². The number of carbonyl (C=O) groups is 4. The van der Waals surface area contributed by atoms with Crippen LogP contribution in [-0.2, 0) is 22.6 Å². The zero-order valence-corrected chi connectivity index (χ0v) is 33.6. The number of hydrogen-bond acceptors (Lipinski definition) is 12. The molecule has 306 valence electrons. The number of halogens is 2. The number of fused-ring (bicyclic) bond motifs is 2. The number of unbranched alkanes of at least 4 members (excludes halogenated alkanes) is 1. The zero-order valence-electron chi connectivity index (χ0n) is 32.1. The number of aryl methyl sites for hydroxylation is 1. The van der Waals surface area contributed by atoms with E-state index >= 15 is 0 Å². The van der Waals surface area contributed by atoms with Crippen LogP contribution in [0.15, 0.2) is 47.4 Å². The van der Waals surface area contributed by atoms with Crippen molar-refractivity contribution in [2.45, 2.75) is 76.3 Å². The highest BCUT2D eigenvalue weighted by molar-refractivity contribution is 6.33. The number of carbonyl (C=O) groups excluding carboxylic acids is 4. The van der Waals surface area contributed by atoms with Crippen LogP contribution in [-0.4, -0.2) is 102 Å². The van der Waals surface area contributed by atoms with Crippen molar-refractivity contribution in [1.29, 1.82) is 0 Å². The molecule has 19 heteroatoms. The molecule has 1 saturated carbocycles. The highest BCUT2D eigenvalue weighted by atomic mass is 35.5. The predicted octanol–water partition coefficient (Wildman–Crippen LogP) is 5.69. The third-order valence-electron chi connectivity index (χ3n) is 11.6. The van der Waals surface area contributed by atoms with E-state index in [-0.39, 0.29) is 35.0 Å². The SMILES string of the molecule is O=C1CCC(N2Cc3cc(N4CCN(CCCCc5nc(-c6ncc(NC(=O)Nc7cnc8c(Cl)cnn8c7C7CCCC7)cc6Cl)no5)CC4)ccc3C2=O)C(=O)N1. The molecule has 0 spiro atoms. The lowest BCUT2D eigenvalue weighted by atomic mass is 10.0. The van der Waals surface area contributed by atoms with Gasteiger partial charge in [-0.15, -0.1) is 0 Å². The van der Waals surface area contributed by atoms with E-state index in [1.165, 1.54) is 6.20 Å². The molecule has 4 aromatic heterocycles. The molecule has 9 rings (SSSR count). The number of pyridine rings is 1. The molecule has 5 aromatic rings. The summed E-state index contributed by atoms with van der Waals surface area (Å²) < 4.78 is 7.24. The Bertz CT molecular complexity index is 2440. The van der Waals surface area contributed by atoms with Crippen LogP contribution in [0.1, 0.15) is 84.8 Å². The van der Waals surface area contributed by atoms with E-state index in [0.29, 0.717) is 58.6 Å². The van der Waals surface area contributed by atoms with Crippen LogP contribution in [0.3, 0.4) is 0 Å². The van der Waals surface area contributed by atoms with Gasteiger partial charge in [0.2, 0.25) is 23.5 Å². The summed E-state index contributed by atoms with van der Waals surface area (Å²) in [7, 11) is 0. The number of imide groups is 1. The molecule has 5 amide bonds. The Morgan fingerprint density at radius 1 is 0.932 bits per heavy atom. The first-order chi connectivity index (χ1) is 28.7. The number of aromatic nitrogens is 6. The summed E-state index contributed by atoms with van der Waals surface area (Å²) in [6.07, 6.45) is 11.9. The van der Waals surface area contributed by atoms with Crippen molar-refractivity contribution in [2.75, 3.05) is 48.3 Å². The fourth-order valence-electron chi connectivity index (χ4n) is 8.62. The van der Waals surface area contributed by atoms with Crippen LogP contribution < -0.4 is 20.9 Å². The topological polar surface area (TPSA) is 196 Å². The van der Waals surface area contributed by atoms with Crippen molar-refractivity contribution in [1.82, 2.24) is 44.8 Å². The van der Waals surface area contributed by atoms with Gasteiger partial charge in [0.15, 0.2) is 5.65 Å². The predicted molar refractivity (Wildman–Crippen MR) is 218 cm³/mol. The van der Waals surface area contributed by atoms with E-state index < -0.39 is 18.0 Å². The summed E-state index contributed by atoms with van der Waals surface area (Å²) >= 11 is 12.9. The number of urea groups is 1. The van der Waals surface area contributed by atoms with Crippen molar-refractivity contribution in [2.24, 2.45) is 0 Å². The number of piperidine rings is 1. The molecule has 3 fully saturated rings. The van der Waals surface area contributed by atoms with Crippen LogP contribution in [0.25, 0.3) is 17.2 Å². The first-order valence-corrected chi connectivity index (χ1v) is 20.8. The van der Waals surface area contributed by atoms with Gasteiger partial charge in [0, 0.05) is 62.7 Å². The van der Waals surface area contributed by atoms with E-state index in [1.54, 1.807) is 27.9 Å². The standard InChI is InChI=1S/C40H42Cl2N12O5/c41-28-18-25(46-40(58)47-30-21-44-37-29(42)20-45-54(37)35(30)23-5-1-2-6-23)19-43-34(28)36-49-33(59-50-36)7-3-4-12-51-13-15-52(16-14-51)26-8-9-27-24(17-26)22-53(39(27)57)31-10-11-32(55)48-38(31)56/h8-9,17-21,23,31H,1-7,10-16,22H2,(H2,46,47,58)(H,48,55,56). The molecule has 17 nitrogen and oxygen atoms in total. The molecule has 4 aliphatic rings. The maximum absolute atomic E-state index is 13.1. The highest BCUT2D eigenvalue weighted by Gasteiger charge is 2.39. The smallest absolute Gasteiger partial charge is 0.323 e. The van der Waals surface area contributed by atoms with E-state index in [4.69, 9.17) is 27.7 Å². The zero-order chi connectivity index (χ0) is 40.6. The largest absolute Gasteiger partial charge is 0.369 e. The Hall–Kier alpha value is -5.65. The second kappa shape index (κ2) is 16.5. The van der Waals surface area contributed by atoms with Gasteiger partial charge >= 0.3 is 6.03 Å². The Morgan fingerprint density at radius 2 is 1.76 bits per heavy atom. The van der Waals surface area contributed by atoms with Crippen molar-refractivity contribution in [3.8, 4) is 11.5 Å². The molecule has 1 aromatic carbocycles. The first-order valence-electron chi connectivity index (χ1n) is 20.0. The molecule has 1 aliphatic carbocycles. The van der Waals surface area contributed by atoms with Gasteiger partial charge in [-0.3, -0.25) is 24.6 Å². The molecule has 59 heavy (non-hydrogen) atoms. The van der Waals surface area contributed by atoms with Crippen LogP contribution in [0.2, 0.25) is 10.0 Å². The lowest BCUT2D eigenvalue weighted by molar-refractivity contribution is -0.136. The fraction of sp³-hybridized carbons (Fsp3) is 0.425. The number of hydrogen-bond donors (Lipinski definition) is 3. The molecule has 0 bridgehead atoms. The van der Waals surface area contributed by atoms with Crippen molar-refractivity contribution >= 4 is 69.7 Å². The second-order valence-corrected chi connectivity index (χ2v) is 16.3. The van der Waals surface area contributed by atoms with Gasteiger partial charge in [-0.2, -0.15) is 10.1 Å². The maximum atomic E-state index is 13.1. The van der Waals surface area contributed by atoms with Crippen molar-refractivity contribution in [3.63, 3.8) is 0 Å². The lowest BCUT2D eigenvalue weighted by Gasteiger charge is -2.36. The van der Waals surface area contributed by atoms with Gasteiger partial charge in [0.1, 0.15) is 16.8 Å². The lowest BCUT2D eigenvalue weighted by Crippen LogP contribution is -2.52. The monoisotopic (exact) mass is 840 g/mol. The molecule has 2 saturated heterocycles. The average Bonchev–Trinajstić information content (AvgIpc) is 4.05. The van der Waals surface area contributed by atoms with Crippen molar-refractivity contribution < 1.29 is 23.7 Å². The number of rotatable bonds is 11. The molecular weight excluding hydrogens is 799 g/mol. The molecule has 0 radical (unpaired) electrons. The fourth-order valence-corrected chi connectivity index (χ4v) is 9.04. The van der Waals surface area contributed by atoms with E-state index in [9.17, 15) is 19.2 Å². The summed E-state index contributed by atoms with van der Waals surface area (Å²) in [5, 5.41) is 17.3. The Labute approximate surface area is 348 Å². The van der Waals surface area contributed by atoms with Crippen LogP contribution in [0, 0.1) is 0 Å². The molecular formula is C40H42Cl2N12O5. The Kier molecular flexibility index (Phi) is 10.9. The van der Waals surface area contributed by atoms with Gasteiger partial charge in [-0.05, 0) is 68.5 Å². The maximum Gasteiger partial charge on any atom is 0.323 e. The minimum absolute atomic E-state index is 0.160. The Balaban J connectivity index is 0.728. The van der Waals surface area contributed by atoms with Crippen LogP contribution in [0.5, 0.6) is 0 Å². The molecule has 3 N–H and O–H groups in total. The molecule has 1 atom stereocenters. The number of anilines is 3. The molecule has 3 aliphatic heterocycles. The van der Waals surface area contributed by atoms with Gasteiger partial charge in [0.05, 0.1) is 40.7 Å². The number of amides is 5. The first kappa shape index (κ1) is 38.8. The Morgan fingerprint density at radius 3 is 2.56 bits per heavy atom. The number of benzene rings is 1. The minimum atomic E-state index is -0.619. The van der Waals surface area contributed by atoms with E-state index in [1.807, 2.05) is 12.1 Å². The number of nitrogens with one attached hydrogen (secondary N) is 3. The van der Waals surface area contributed by atoms with Crippen LogP contribution in [0.4, 0.5) is 21.9 Å². The summed E-state index contributed by atoms with van der Waals surface area (Å²) in [6.45, 7) is 4.85. The minimum Gasteiger partial charge on any atom is -0.369 e. The third-order valence-corrected chi connectivity index (χ3v) is 12.2. The molecule has 7 heterocycles. The van der Waals surface area contributed by atoms with Gasteiger partial charge < -0.3 is 25.0 Å².